The van der Waals surface area contributed by atoms with Crippen LogP contribution in [0.5, 0.6) is 11.5 Å². The van der Waals surface area contributed by atoms with Gasteiger partial charge in [-0.25, -0.2) is 0 Å². The van der Waals surface area contributed by atoms with Gasteiger partial charge in [-0.2, -0.15) is 0 Å². The van der Waals surface area contributed by atoms with Gasteiger partial charge in [-0.3, -0.25) is 9.78 Å². The minimum atomic E-state index is 0.0424. The van der Waals surface area contributed by atoms with Gasteiger partial charge in [0.15, 0.2) is 11.5 Å². The van der Waals surface area contributed by atoms with Crippen molar-refractivity contribution in [3.8, 4) is 11.5 Å². The van der Waals surface area contributed by atoms with Gasteiger partial charge in [0.25, 0.3) is 5.91 Å². The van der Waals surface area contributed by atoms with Gasteiger partial charge < -0.3 is 14.4 Å². The number of pyridine rings is 1. The van der Waals surface area contributed by atoms with Crippen LogP contribution in [0.4, 0.5) is 0 Å². The molecule has 5 nitrogen and oxygen atoms in total. The number of amides is 1. The number of nitrogens with zero attached hydrogens (tertiary/aromatic N) is 2. The largest absolute Gasteiger partial charge is 0.493 e. The van der Waals surface area contributed by atoms with Crippen molar-refractivity contribution in [1.82, 2.24) is 9.88 Å². The highest BCUT2D eigenvalue weighted by Gasteiger charge is 2.25. The molecule has 2 fully saturated rings. The number of rotatable bonds is 6. The molecule has 0 bridgehead atoms. The molecule has 1 aliphatic heterocycles. The molecule has 1 saturated heterocycles. The molecule has 1 aromatic carbocycles. The summed E-state index contributed by atoms with van der Waals surface area (Å²) >= 11 is 0. The molecular weight excluding hydrogens is 364 g/mol. The van der Waals surface area contributed by atoms with Gasteiger partial charge in [0.1, 0.15) is 5.69 Å². The molecule has 0 N–H and O–H groups in total. The standard InChI is InChI=1S/C24H30N2O3/c1-28-22-10-9-19(17-23(22)29-20-6-2-3-7-20)16-18-11-14-26(15-12-18)24(27)21-8-4-5-13-25-21/h4-5,8-10,13,17-18,20H,2-3,6-7,11-12,14-16H2,1H3. The predicted molar refractivity (Wildman–Crippen MR) is 112 cm³/mol. The van der Waals surface area contributed by atoms with Crippen molar-refractivity contribution in [1.29, 1.82) is 0 Å². The van der Waals surface area contributed by atoms with Crippen molar-refractivity contribution in [2.75, 3.05) is 20.2 Å². The van der Waals surface area contributed by atoms with Crippen LogP contribution < -0.4 is 9.47 Å². The molecular formula is C24H30N2O3. The third-order valence-corrected chi connectivity index (χ3v) is 6.13. The number of methoxy groups -OCH3 is 1. The van der Waals surface area contributed by atoms with E-state index in [1.807, 2.05) is 23.1 Å². The molecule has 1 aliphatic carbocycles. The Balaban J connectivity index is 1.34. The van der Waals surface area contributed by atoms with Crippen LogP contribution in [0.15, 0.2) is 42.6 Å². The predicted octanol–water partition coefficient (Wildman–Crippen LogP) is 4.51. The number of hydrogen-bond acceptors (Lipinski definition) is 4. The zero-order valence-corrected chi connectivity index (χ0v) is 17.2. The first-order valence-electron chi connectivity index (χ1n) is 10.8. The molecule has 0 spiro atoms. The Morgan fingerprint density at radius 1 is 1.07 bits per heavy atom. The summed E-state index contributed by atoms with van der Waals surface area (Å²) in [6, 6.07) is 11.8. The number of likely N-dealkylation sites (tertiary alicyclic amines) is 1. The first-order valence-corrected chi connectivity index (χ1v) is 10.8. The van der Waals surface area contributed by atoms with E-state index in [0.29, 0.717) is 17.7 Å². The van der Waals surface area contributed by atoms with Gasteiger partial charge >= 0.3 is 0 Å². The van der Waals surface area contributed by atoms with Gasteiger partial charge in [0, 0.05) is 19.3 Å². The number of carbonyl (C=O) groups is 1. The van der Waals surface area contributed by atoms with Gasteiger partial charge in [0.2, 0.25) is 0 Å². The third kappa shape index (κ3) is 4.89. The molecule has 0 atom stereocenters. The highest BCUT2D eigenvalue weighted by Crippen LogP contribution is 2.34. The van der Waals surface area contributed by atoms with Crippen molar-refractivity contribution >= 4 is 5.91 Å². The average Bonchev–Trinajstić information content (AvgIpc) is 3.28. The van der Waals surface area contributed by atoms with Crippen LogP contribution in [0.1, 0.15) is 54.6 Å². The smallest absolute Gasteiger partial charge is 0.272 e. The quantitative estimate of drug-likeness (QED) is 0.724. The van der Waals surface area contributed by atoms with Crippen LogP contribution in [-0.4, -0.2) is 42.1 Å². The molecule has 2 aliphatic rings. The number of hydrogen-bond donors (Lipinski definition) is 0. The summed E-state index contributed by atoms with van der Waals surface area (Å²) in [5.74, 6) is 2.31. The summed E-state index contributed by atoms with van der Waals surface area (Å²) in [5, 5.41) is 0. The lowest BCUT2D eigenvalue weighted by Gasteiger charge is -2.32. The highest BCUT2D eigenvalue weighted by molar-refractivity contribution is 5.92. The van der Waals surface area contributed by atoms with Gasteiger partial charge in [-0.15, -0.1) is 0 Å². The second-order valence-corrected chi connectivity index (χ2v) is 8.16. The molecule has 2 aromatic rings. The fourth-order valence-electron chi connectivity index (χ4n) is 4.45. The molecule has 29 heavy (non-hydrogen) atoms. The van der Waals surface area contributed by atoms with Crippen molar-refractivity contribution in [2.24, 2.45) is 5.92 Å². The minimum absolute atomic E-state index is 0.0424. The van der Waals surface area contributed by atoms with Crippen LogP contribution in [0.2, 0.25) is 0 Å². The van der Waals surface area contributed by atoms with Gasteiger partial charge in [0.05, 0.1) is 13.2 Å². The molecule has 0 unspecified atom stereocenters. The first-order chi connectivity index (χ1) is 14.2. The lowest BCUT2D eigenvalue weighted by Crippen LogP contribution is -2.39. The van der Waals surface area contributed by atoms with Crippen LogP contribution in [0.3, 0.4) is 0 Å². The maximum absolute atomic E-state index is 12.6. The Bertz CT molecular complexity index is 810. The monoisotopic (exact) mass is 394 g/mol. The molecule has 1 aromatic heterocycles. The molecule has 154 valence electrons. The Morgan fingerprint density at radius 3 is 2.55 bits per heavy atom. The Morgan fingerprint density at radius 2 is 1.86 bits per heavy atom. The summed E-state index contributed by atoms with van der Waals surface area (Å²) in [4.78, 5) is 18.7. The zero-order valence-electron chi connectivity index (χ0n) is 17.2. The average molecular weight is 395 g/mol. The van der Waals surface area contributed by atoms with E-state index in [0.717, 1.165) is 56.7 Å². The number of benzene rings is 1. The van der Waals surface area contributed by atoms with Crippen molar-refractivity contribution in [2.45, 2.75) is 51.0 Å². The maximum atomic E-state index is 12.6. The van der Waals surface area contributed by atoms with Crippen LogP contribution in [0.25, 0.3) is 0 Å². The van der Waals surface area contributed by atoms with Crippen LogP contribution >= 0.6 is 0 Å². The summed E-state index contributed by atoms with van der Waals surface area (Å²) in [6.07, 6.45) is 9.82. The number of carbonyl (C=O) groups excluding carboxylic acids is 1. The fourth-order valence-corrected chi connectivity index (χ4v) is 4.45. The lowest BCUT2D eigenvalue weighted by atomic mass is 9.90. The van der Waals surface area contributed by atoms with E-state index in [2.05, 4.69) is 17.1 Å². The van der Waals surface area contributed by atoms with Crippen LogP contribution in [-0.2, 0) is 6.42 Å². The summed E-state index contributed by atoms with van der Waals surface area (Å²) in [6.45, 7) is 1.59. The summed E-state index contributed by atoms with van der Waals surface area (Å²) < 4.78 is 11.7. The van der Waals surface area contributed by atoms with E-state index >= 15 is 0 Å². The molecule has 0 radical (unpaired) electrons. The SMILES string of the molecule is COc1ccc(CC2CCN(C(=O)c3ccccn3)CC2)cc1OC1CCCC1. The van der Waals surface area contributed by atoms with Crippen LogP contribution in [0, 0.1) is 5.92 Å². The van der Waals surface area contributed by atoms with E-state index in [1.165, 1.54) is 18.4 Å². The number of ether oxygens (including phenoxy) is 2. The number of aromatic nitrogens is 1. The molecule has 5 heteroatoms. The zero-order chi connectivity index (χ0) is 20.1. The molecule has 2 heterocycles. The molecule has 1 saturated carbocycles. The fraction of sp³-hybridized carbons (Fsp3) is 0.500. The van der Waals surface area contributed by atoms with Gasteiger partial charge in [-0.05, 0) is 80.7 Å². The Labute approximate surface area is 173 Å². The van der Waals surface area contributed by atoms with E-state index < -0.39 is 0 Å². The van der Waals surface area contributed by atoms with E-state index in [1.54, 1.807) is 19.4 Å². The minimum Gasteiger partial charge on any atom is -0.493 e. The molecule has 4 rings (SSSR count). The second kappa shape index (κ2) is 9.29. The lowest BCUT2D eigenvalue weighted by molar-refractivity contribution is 0.0684. The third-order valence-electron chi connectivity index (χ3n) is 6.13. The van der Waals surface area contributed by atoms with E-state index in [9.17, 15) is 4.79 Å². The summed E-state index contributed by atoms with van der Waals surface area (Å²) in [7, 11) is 1.70. The topological polar surface area (TPSA) is 51.7 Å². The highest BCUT2D eigenvalue weighted by atomic mass is 16.5. The molecule has 1 amide bonds. The Kier molecular flexibility index (Phi) is 6.33. The maximum Gasteiger partial charge on any atom is 0.272 e. The van der Waals surface area contributed by atoms with Gasteiger partial charge in [-0.1, -0.05) is 12.1 Å². The van der Waals surface area contributed by atoms with Crippen molar-refractivity contribution in [3.05, 3.63) is 53.9 Å². The van der Waals surface area contributed by atoms with Crippen molar-refractivity contribution < 1.29 is 14.3 Å². The van der Waals surface area contributed by atoms with Crippen molar-refractivity contribution in [3.63, 3.8) is 0 Å². The van der Waals surface area contributed by atoms with E-state index in [-0.39, 0.29) is 5.91 Å². The van der Waals surface area contributed by atoms with E-state index in [4.69, 9.17) is 9.47 Å². The summed E-state index contributed by atoms with van der Waals surface area (Å²) in [5.41, 5.74) is 1.82. The second-order valence-electron chi connectivity index (χ2n) is 8.16. The number of piperidine rings is 1. The first kappa shape index (κ1) is 19.7. The normalized spacial score (nSPS) is 18.0. The Hall–Kier alpha value is -2.56.